The van der Waals surface area contributed by atoms with Crippen LogP contribution in [0.25, 0.3) is 21.9 Å². The van der Waals surface area contributed by atoms with Gasteiger partial charge in [0.2, 0.25) is 0 Å². The van der Waals surface area contributed by atoms with Crippen molar-refractivity contribution in [3.05, 3.63) is 64.9 Å². The molecule has 0 bridgehead atoms. The predicted octanol–water partition coefficient (Wildman–Crippen LogP) is 4.45. The Morgan fingerprint density at radius 2 is 2.05 bits per heavy atom. The molecule has 0 amide bonds. The van der Waals surface area contributed by atoms with Crippen molar-refractivity contribution in [1.82, 2.24) is 4.98 Å². The average molecular weight is 313 g/mol. The number of nitrogens with zero attached hydrogens (tertiary/aromatic N) is 1. The van der Waals surface area contributed by atoms with E-state index in [0.717, 1.165) is 10.2 Å². The largest absolute Gasteiger partial charge is 0.481 e. The highest BCUT2D eigenvalue weighted by molar-refractivity contribution is 7.19. The number of fused-ring (bicyclic) bond motifs is 1. The van der Waals surface area contributed by atoms with Crippen molar-refractivity contribution >= 4 is 39.2 Å². The first-order chi connectivity index (χ1) is 10.6. The van der Waals surface area contributed by atoms with Gasteiger partial charge in [-0.25, -0.2) is 9.37 Å². The lowest BCUT2D eigenvalue weighted by Crippen LogP contribution is -1.97. The summed E-state index contributed by atoms with van der Waals surface area (Å²) in [5.74, 6) is -1.30. The maximum Gasteiger partial charge on any atom is 0.307 e. The fourth-order valence-electron chi connectivity index (χ4n) is 2.16. The normalized spacial score (nSPS) is 11.8. The van der Waals surface area contributed by atoms with Gasteiger partial charge in [0.1, 0.15) is 10.8 Å². The molecule has 5 heteroatoms. The number of thiazole rings is 1. The maximum absolute atomic E-state index is 13.3. The molecule has 2 aromatic carbocycles. The number of hydrogen-bond donors (Lipinski definition) is 1. The molecule has 0 spiro atoms. The van der Waals surface area contributed by atoms with E-state index in [1.807, 2.05) is 24.3 Å². The van der Waals surface area contributed by atoms with Gasteiger partial charge in [-0.1, -0.05) is 24.3 Å². The molecule has 22 heavy (non-hydrogen) atoms. The summed E-state index contributed by atoms with van der Waals surface area (Å²) in [6.45, 7) is 0. The number of hydrogen-bond acceptors (Lipinski definition) is 3. The SMILES string of the molecule is O=C(O)C/C(=C\c1cccc(F)c1)c1nc2ccccc2s1. The Hall–Kier alpha value is -2.53. The zero-order chi connectivity index (χ0) is 15.5. The smallest absolute Gasteiger partial charge is 0.307 e. The monoisotopic (exact) mass is 313 g/mol. The molecule has 0 saturated carbocycles. The van der Waals surface area contributed by atoms with Gasteiger partial charge in [0, 0.05) is 0 Å². The minimum Gasteiger partial charge on any atom is -0.481 e. The van der Waals surface area contributed by atoms with Gasteiger partial charge in [-0.05, 0) is 41.5 Å². The highest BCUT2D eigenvalue weighted by Crippen LogP contribution is 2.30. The second-order valence-corrected chi connectivity index (χ2v) is 5.81. The number of carboxylic acid groups (broad SMARTS) is 1. The minimum atomic E-state index is -0.943. The lowest BCUT2D eigenvalue weighted by Gasteiger charge is -2.01. The van der Waals surface area contributed by atoms with E-state index < -0.39 is 5.97 Å². The van der Waals surface area contributed by atoms with Crippen molar-refractivity contribution in [3.63, 3.8) is 0 Å². The summed E-state index contributed by atoms with van der Waals surface area (Å²) in [4.78, 5) is 15.6. The fourth-order valence-corrected chi connectivity index (χ4v) is 3.14. The highest BCUT2D eigenvalue weighted by Gasteiger charge is 2.12. The first-order valence-electron chi connectivity index (χ1n) is 6.66. The van der Waals surface area contributed by atoms with Crippen molar-refractivity contribution in [1.29, 1.82) is 0 Å². The second-order valence-electron chi connectivity index (χ2n) is 4.78. The molecule has 1 aromatic heterocycles. The molecule has 0 atom stereocenters. The Morgan fingerprint density at radius 3 is 2.77 bits per heavy atom. The van der Waals surface area contributed by atoms with Crippen molar-refractivity contribution in [3.8, 4) is 0 Å². The zero-order valence-electron chi connectivity index (χ0n) is 11.5. The Bertz CT molecular complexity index is 837. The van der Waals surface area contributed by atoms with Gasteiger partial charge in [-0.2, -0.15) is 0 Å². The zero-order valence-corrected chi connectivity index (χ0v) is 12.3. The number of carboxylic acids is 1. The third-order valence-corrected chi connectivity index (χ3v) is 4.21. The van der Waals surface area contributed by atoms with Crippen LogP contribution < -0.4 is 0 Å². The van der Waals surface area contributed by atoms with E-state index in [4.69, 9.17) is 5.11 Å². The summed E-state index contributed by atoms with van der Waals surface area (Å²) in [6, 6.07) is 13.7. The van der Waals surface area contributed by atoms with E-state index in [1.54, 1.807) is 18.2 Å². The van der Waals surface area contributed by atoms with Gasteiger partial charge in [-0.3, -0.25) is 4.79 Å². The van der Waals surface area contributed by atoms with Crippen molar-refractivity contribution in [2.75, 3.05) is 0 Å². The first-order valence-corrected chi connectivity index (χ1v) is 7.47. The van der Waals surface area contributed by atoms with Gasteiger partial charge in [-0.15, -0.1) is 11.3 Å². The highest BCUT2D eigenvalue weighted by atomic mass is 32.1. The van der Waals surface area contributed by atoms with Crippen LogP contribution in [0.15, 0.2) is 48.5 Å². The van der Waals surface area contributed by atoms with E-state index >= 15 is 0 Å². The Kier molecular flexibility index (Phi) is 3.98. The second kappa shape index (κ2) is 6.07. The van der Waals surface area contributed by atoms with Crippen LogP contribution in [0.3, 0.4) is 0 Å². The lowest BCUT2D eigenvalue weighted by atomic mass is 10.1. The molecule has 3 nitrogen and oxygen atoms in total. The molecular weight excluding hydrogens is 301 g/mol. The average Bonchev–Trinajstić information content (AvgIpc) is 2.90. The van der Waals surface area contributed by atoms with Gasteiger partial charge < -0.3 is 5.11 Å². The number of para-hydroxylation sites is 1. The van der Waals surface area contributed by atoms with Crippen molar-refractivity contribution in [2.24, 2.45) is 0 Å². The molecule has 1 heterocycles. The van der Waals surface area contributed by atoms with Crippen molar-refractivity contribution < 1.29 is 14.3 Å². The third-order valence-electron chi connectivity index (χ3n) is 3.10. The van der Waals surface area contributed by atoms with Crippen LogP contribution in [0.1, 0.15) is 17.0 Å². The standard InChI is InChI=1S/C17H12FNO2S/c18-13-5-3-4-11(9-13)8-12(10-16(20)21)17-19-14-6-1-2-7-15(14)22-17/h1-9H,10H2,(H,20,21)/b12-8+. The van der Waals surface area contributed by atoms with Crippen LogP contribution in [0.2, 0.25) is 0 Å². The van der Waals surface area contributed by atoms with Gasteiger partial charge in [0.15, 0.2) is 0 Å². The molecule has 1 N–H and O–H groups in total. The van der Waals surface area contributed by atoms with Gasteiger partial charge in [0.05, 0.1) is 16.6 Å². The number of rotatable bonds is 4. The molecule has 0 unspecified atom stereocenters. The van der Waals surface area contributed by atoms with E-state index in [1.165, 1.54) is 23.5 Å². The molecule has 3 aromatic rings. The lowest BCUT2D eigenvalue weighted by molar-refractivity contribution is -0.135. The summed E-state index contributed by atoms with van der Waals surface area (Å²) in [5, 5.41) is 9.76. The van der Waals surface area contributed by atoms with Crippen LogP contribution in [0, 0.1) is 5.82 Å². The quantitative estimate of drug-likeness (QED) is 0.774. The minimum absolute atomic E-state index is 0.156. The Labute approximate surface area is 130 Å². The van der Waals surface area contributed by atoms with Gasteiger partial charge in [0.25, 0.3) is 0 Å². The number of aromatic nitrogens is 1. The van der Waals surface area contributed by atoms with Crippen LogP contribution >= 0.6 is 11.3 Å². The summed E-state index contributed by atoms with van der Waals surface area (Å²) in [7, 11) is 0. The summed E-state index contributed by atoms with van der Waals surface area (Å²) >= 11 is 1.43. The molecular formula is C17H12FNO2S. The molecule has 0 saturated heterocycles. The fraction of sp³-hybridized carbons (Fsp3) is 0.0588. The predicted molar refractivity (Wildman–Crippen MR) is 86.1 cm³/mol. The molecule has 0 aliphatic carbocycles. The number of carbonyl (C=O) groups is 1. The van der Waals surface area contributed by atoms with Crippen LogP contribution in [0.5, 0.6) is 0 Å². The summed E-state index contributed by atoms with van der Waals surface area (Å²) in [5.41, 5.74) is 2.02. The van der Waals surface area contributed by atoms with Crippen molar-refractivity contribution in [2.45, 2.75) is 6.42 Å². The number of aliphatic carboxylic acids is 1. The maximum atomic E-state index is 13.3. The van der Waals surface area contributed by atoms with Crippen LogP contribution in [-0.2, 0) is 4.79 Å². The van der Waals surface area contributed by atoms with E-state index in [-0.39, 0.29) is 12.2 Å². The van der Waals surface area contributed by atoms with Crippen LogP contribution in [-0.4, -0.2) is 16.1 Å². The summed E-state index contributed by atoms with van der Waals surface area (Å²) < 4.78 is 14.3. The number of benzene rings is 2. The third kappa shape index (κ3) is 3.20. The van der Waals surface area contributed by atoms with E-state index in [0.29, 0.717) is 16.1 Å². The number of halogens is 1. The molecule has 0 fully saturated rings. The molecule has 110 valence electrons. The van der Waals surface area contributed by atoms with Gasteiger partial charge >= 0.3 is 5.97 Å². The Balaban J connectivity index is 2.07. The topological polar surface area (TPSA) is 50.2 Å². The van der Waals surface area contributed by atoms with E-state index in [9.17, 15) is 9.18 Å². The Morgan fingerprint density at radius 1 is 1.23 bits per heavy atom. The first kappa shape index (κ1) is 14.4. The molecule has 0 aliphatic heterocycles. The molecule has 0 radical (unpaired) electrons. The summed E-state index contributed by atoms with van der Waals surface area (Å²) in [6.07, 6.45) is 1.52. The van der Waals surface area contributed by atoms with Crippen LogP contribution in [0.4, 0.5) is 4.39 Å². The molecule has 3 rings (SSSR count). The molecule has 0 aliphatic rings. The van der Waals surface area contributed by atoms with E-state index in [2.05, 4.69) is 4.98 Å².